The normalized spacial score (nSPS) is 17.7. The molecule has 7 heteroatoms. The number of likely N-dealkylation sites (tertiary alicyclic amines) is 1. The molecule has 1 aliphatic heterocycles. The molecule has 0 saturated carbocycles. The van der Waals surface area contributed by atoms with Crippen LogP contribution in [0.25, 0.3) is 10.8 Å². The Kier molecular flexibility index (Phi) is 6.32. The lowest BCUT2D eigenvalue weighted by atomic mass is 9.92. The van der Waals surface area contributed by atoms with Crippen molar-refractivity contribution in [3.63, 3.8) is 0 Å². The van der Waals surface area contributed by atoms with Crippen LogP contribution in [0.5, 0.6) is 0 Å². The third-order valence-electron chi connectivity index (χ3n) is 6.06. The van der Waals surface area contributed by atoms with Crippen LogP contribution in [0, 0.1) is 0 Å². The van der Waals surface area contributed by atoms with Crippen LogP contribution in [-0.4, -0.2) is 50.6 Å². The van der Waals surface area contributed by atoms with Crippen LogP contribution in [0.2, 0.25) is 0 Å². The van der Waals surface area contributed by atoms with E-state index in [0.717, 1.165) is 48.3 Å². The van der Waals surface area contributed by atoms with Gasteiger partial charge in [0, 0.05) is 41.4 Å². The smallest absolute Gasteiger partial charge is 0.266 e. The largest absolute Gasteiger partial charge is 0.366 e. The summed E-state index contributed by atoms with van der Waals surface area (Å²) < 4.78 is 1.62. The molecule has 1 aromatic carbocycles. The molecule has 1 unspecified atom stereocenters. The van der Waals surface area contributed by atoms with Crippen LogP contribution in [0.15, 0.2) is 47.4 Å². The second kappa shape index (κ2) is 9.14. The first kappa shape index (κ1) is 21.4. The fourth-order valence-electron chi connectivity index (χ4n) is 4.19. The van der Waals surface area contributed by atoms with E-state index in [0.29, 0.717) is 12.6 Å². The molecule has 164 valence electrons. The summed E-state index contributed by atoms with van der Waals surface area (Å²) in [5.74, 6) is 0.833. The van der Waals surface area contributed by atoms with Crippen molar-refractivity contribution in [2.45, 2.75) is 58.0 Å². The number of piperidine rings is 1. The molecule has 0 radical (unpaired) electrons. The van der Waals surface area contributed by atoms with Crippen LogP contribution >= 0.6 is 0 Å². The Balaban J connectivity index is 1.43. The van der Waals surface area contributed by atoms with E-state index < -0.39 is 0 Å². The van der Waals surface area contributed by atoms with E-state index in [1.807, 2.05) is 18.2 Å². The summed E-state index contributed by atoms with van der Waals surface area (Å²) in [6, 6.07) is 12.1. The predicted molar refractivity (Wildman–Crippen MR) is 124 cm³/mol. The number of nitrogens with one attached hydrogen (secondary N) is 1. The summed E-state index contributed by atoms with van der Waals surface area (Å²) in [4.78, 5) is 14.8. The predicted octanol–water partition coefficient (Wildman–Crippen LogP) is 3.45. The maximum absolute atomic E-state index is 12.3. The number of hydrogen-bond donors (Lipinski definition) is 1. The van der Waals surface area contributed by atoms with Crippen molar-refractivity contribution >= 4 is 16.6 Å². The first-order valence-electron chi connectivity index (χ1n) is 11.2. The maximum atomic E-state index is 12.3. The zero-order valence-electron chi connectivity index (χ0n) is 18.7. The van der Waals surface area contributed by atoms with Crippen molar-refractivity contribution in [3.05, 3.63) is 58.6 Å². The molecule has 31 heavy (non-hydrogen) atoms. The minimum Gasteiger partial charge on any atom is -0.366 e. The van der Waals surface area contributed by atoms with Gasteiger partial charge in [0.15, 0.2) is 5.82 Å². The van der Waals surface area contributed by atoms with Gasteiger partial charge in [-0.15, -0.1) is 5.10 Å². The van der Waals surface area contributed by atoms with Crippen molar-refractivity contribution in [1.29, 1.82) is 0 Å². The van der Waals surface area contributed by atoms with Gasteiger partial charge in [0.1, 0.15) is 0 Å². The van der Waals surface area contributed by atoms with Crippen molar-refractivity contribution in [2.24, 2.45) is 0 Å². The second-order valence-electron chi connectivity index (χ2n) is 9.38. The number of rotatable bonds is 6. The molecule has 0 spiro atoms. The summed E-state index contributed by atoms with van der Waals surface area (Å²) in [7, 11) is 0. The Morgan fingerprint density at radius 2 is 1.94 bits per heavy atom. The van der Waals surface area contributed by atoms with Crippen molar-refractivity contribution in [3.8, 4) is 0 Å². The molecule has 3 aromatic rings. The van der Waals surface area contributed by atoms with Crippen LogP contribution in [0.1, 0.15) is 45.7 Å². The third kappa shape index (κ3) is 5.10. The van der Waals surface area contributed by atoms with E-state index >= 15 is 0 Å². The zero-order valence-corrected chi connectivity index (χ0v) is 18.7. The van der Waals surface area contributed by atoms with Crippen LogP contribution in [0.3, 0.4) is 0 Å². The van der Waals surface area contributed by atoms with Crippen LogP contribution in [-0.2, 0) is 12.0 Å². The highest BCUT2D eigenvalue weighted by molar-refractivity contribution is 5.90. The summed E-state index contributed by atoms with van der Waals surface area (Å²) in [6.45, 7) is 9.63. The van der Waals surface area contributed by atoms with E-state index in [4.69, 9.17) is 0 Å². The van der Waals surface area contributed by atoms with Gasteiger partial charge in [0.25, 0.3) is 5.56 Å². The quantitative estimate of drug-likeness (QED) is 0.658. The number of nitrogens with zero attached hydrogens (tertiary/aromatic N) is 5. The molecule has 3 heterocycles. The van der Waals surface area contributed by atoms with Gasteiger partial charge >= 0.3 is 0 Å². The van der Waals surface area contributed by atoms with Gasteiger partial charge in [0.05, 0.1) is 18.4 Å². The molecule has 1 atom stereocenters. The minimum absolute atomic E-state index is 0.0364. The minimum atomic E-state index is -0.0769. The van der Waals surface area contributed by atoms with E-state index in [1.54, 1.807) is 16.9 Å². The molecule has 0 amide bonds. The fourth-order valence-corrected chi connectivity index (χ4v) is 4.19. The number of anilines is 1. The standard InChI is InChI=1S/C24H32N6O/c1-24(2,3)21-11-12-22(31)30(28-21)15-14-29-13-7-6-9-19(29)17-25-23-20-10-5-4-8-18(20)16-26-27-23/h4-5,8,10-12,16,19H,6-7,9,13-15,17H2,1-3H3,(H,25,27). The van der Waals surface area contributed by atoms with Gasteiger partial charge in [-0.25, -0.2) is 4.68 Å². The molecule has 4 rings (SSSR count). The van der Waals surface area contributed by atoms with Gasteiger partial charge in [-0.3, -0.25) is 9.69 Å². The second-order valence-corrected chi connectivity index (χ2v) is 9.38. The van der Waals surface area contributed by atoms with Crippen molar-refractivity contribution in [2.75, 3.05) is 25.0 Å². The fraction of sp³-hybridized carbons (Fsp3) is 0.500. The first-order valence-corrected chi connectivity index (χ1v) is 11.2. The molecular formula is C24H32N6O. The zero-order chi connectivity index (χ0) is 21.8. The SMILES string of the molecule is CC(C)(C)c1ccc(=O)n(CCN2CCCCC2CNc2nncc3ccccc23)n1. The first-order chi connectivity index (χ1) is 14.9. The highest BCUT2D eigenvalue weighted by atomic mass is 16.1. The number of fused-ring (bicyclic) bond motifs is 1. The number of benzene rings is 1. The monoisotopic (exact) mass is 420 g/mol. The van der Waals surface area contributed by atoms with Gasteiger partial charge in [-0.05, 0) is 25.5 Å². The lowest BCUT2D eigenvalue weighted by Crippen LogP contribution is -2.45. The van der Waals surface area contributed by atoms with Crippen LogP contribution in [0.4, 0.5) is 5.82 Å². The Hall–Kier alpha value is -2.80. The topological polar surface area (TPSA) is 75.9 Å². The summed E-state index contributed by atoms with van der Waals surface area (Å²) in [5, 5.41) is 18.8. The average Bonchev–Trinajstić information content (AvgIpc) is 2.77. The van der Waals surface area contributed by atoms with Gasteiger partial charge in [-0.1, -0.05) is 51.5 Å². The molecule has 0 aliphatic carbocycles. The molecule has 7 nitrogen and oxygen atoms in total. The van der Waals surface area contributed by atoms with E-state index in [9.17, 15) is 4.79 Å². The highest BCUT2D eigenvalue weighted by Gasteiger charge is 2.23. The van der Waals surface area contributed by atoms with Crippen LogP contribution < -0.4 is 10.9 Å². The molecule has 1 N–H and O–H groups in total. The third-order valence-corrected chi connectivity index (χ3v) is 6.06. The summed E-state index contributed by atoms with van der Waals surface area (Å²) in [6.07, 6.45) is 5.34. The maximum Gasteiger partial charge on any atom is 0.266 e. The molecule has 2 aromatic heterocycles. The van der Waals surface area contributed by atoms with E-state index in [1.165, 1.54) is 12.8 Å². The Labute approximate surface area is 183 Å². The molecule has 0 bridgehead atoms. The van der Waals surface area contributed by atoms with Gasteiger partial charge in [-0.2, -0.15) is 10.2 Å². The number of aromatic nitrogens is 4. The summed E-state index contributed by atoms with van der Waals surface area (Å²) >= 11 is 0. The van der Waals surface area contributed by atoms with Crippen molar-refractivity contribution in [1.82, 2.24) is 24.9 Å². The molecule has 1 saturated heterocycles. The lowest BCUT2D eigenvalue weighted by molar-refractivity contribution is 0.147. The highest BCUT2D eigenvalue weighted by Crippen LogP contribution is 2.22. The molecule has 1 aliphatic rings. The summed E-state index contributed by atoms with van der Waals surface area (Å²) in [5.41, 5.74) is 0.830. The Morgan fingerprint density at radius 1 is 1.10 bits per heavy atom. The Morgan fingerprint density at radius 3 is 2.77 bits per heavy atom. The van der Waals surface area contributed by atoms with E-state index in [-0.39, 0.29) is 11.0 Å². The van der Waals surface area contributed by atoms with Gasteiger partial charge < -0.3 is 5.32 Å². The molecule has 1 fully saturated rings. The van der Waals surface area contributed by atoms with E-state index in [2.05, 4.69) is 58.4 Å². The average molecular weight is 421 g/mol. The lowest BCUT2D eigenvalue weighted by Gasteiger charge is -2.36. The molecular weight excluding hydrogens is 388 g/mol. The van der Waals surface area contributed by atoms with Crippen molar-refractivity contribution < 1.29 is 0 Å². The Bertz CT molecular complexity index is 1080. The van der Waals surface area contributed by atoms with Gasteiger partial charge in [0.2, 0.25) is 0 Å². The number of hydrogen-bond acceptors (Lipinski definition) is 6.